The van der Waals surface area contributed by atoms with Gasteiger partial charge in [0.05, 0.1) is 25.4 Å². The van der Waals surface area contributed by atoms with Gasteiger partial charge < -0.3 is 29.9 Å². The van der Waals surface area contributed by atoms with E-state index in [9.17, 15) is 39.6 Å². The molecule has 4 N–H and O–H groups in total. The Balaban J connectivity index is 2.85. The Morgan fingerprint density at radius 1 is 0.800 bits per heavy atom. The lowest BCUT2D eigenvalue weighted by atomic mass is 9.55. The van der Waals surface area contributed by atoms with E-state index in [2.05, 4.69) is 9.47 Å². The van der Waals surface area contributed by atoms with Crippen LogP contribution in [0.5, 0.6) is 0 Å². The Hall–Kier alpha value is -3.04. The number of hydrogen-bond donors (Lipinski definition) is 4. The van der Waals surface area contributed by atoms with E-state index < -0.39 is 76.6 Å². The Kier molecular flexibility index (Phi) is 4.24. The van der Waals surface area contributed by atoms with Crippen molar-refractivity contribution in [1.82, 2.24) is 0 Å². The highest BCUT2D eigenvalue weighted by molar-refractivity contribution is 5.99. The molecule has 0 fully saturated rings. The first kappa shape index (κ1) is 18.3. The molecule has 0 aromatic heterocycles. The summed E-state index contributed by atoms with van der Waals surface area (Å²) in [6.07, 6.45) is -2.20. The SMILES string of the molecule is COC(=O)C1=C(O)[C@@]2(C(=O)O)CC(C(=O)OC)=C(O)[C@](C(=O)O)(C1)C2. The van der Waals surface area contributed by atoms with Crippen LogP contribution < -0.4 is 0 Å². The smallest absolute Gasteiger partial charge is 0.337 e. The highest BCUT2D eigenvalue weighted by Crippen LogP contribution is 2.59. The third-order valence-corrected chi connectivity index (χ3v) is 4.72. The number of carboxylic acid groups (broad SMARTS) is 2. The summed E-state index contributed by atoms with van der Waals surface area (Å²) in [5.74, 6) is -7.32. The number of hydrogen-bond acceptors (Lipinski definition) is 8. The second-order valence-electron chi connectivity index (χ2n) is 5.94. The van der Waals surface area contributed by atoms with Crippen LogP contribution in [-0.2, 0) is 28.7 Å². The van der Waals surface area contributed by atoms with Crippen molar-refractivity contribution in [2.75, 3.05) is 14.2 Å². The molecular weight excluding hydrogens is 340 g/mol. The van der Waals surface area contributed by atoms with E-state index in [0.29, 0.717) is 0 Å². The quantitative estimate of drug-likeness (QED) is 0.514. The topological polar surface area (TPSA) is 168 Å². The van der Waals surface area contributed by atoms with Crippen molar-refractivity contribution in [3.63, 3.8) is 0 Å². The normalized spacial score (nSPS) is 28.4. The lowest BCUT2D eigenvalue weighted by Gasteiger charge is -2.46. The number of carbonyl (C=O) groups is 4. The number of aliphatic hydroxyl groups is 2. The number of rotatable bonds is 4. The van der Waals surface area contributed by atoms with E-state index in [4.69, 9.17) is 0 Å². The fraction of sp³-hybridized carbons (Fsp3) is 0.467. The van der Waals surface area contributed by atoms with Crippen molar-refractivity contribution in [2.45, 2.75) is 19.3 Å². The van der Waals surface area contributed by atoms with Gasteiger partial charge in [-0.15, -0.1) is 0 Å². The first-order chi connectivity index (χ1) is 11.6. The monoisotopic (exact) mass is 356 g/mol. The molecule has 10 heteroatoms. The highest BCUT2D eigenvalue weighted by Gasteiger charge is 2.65. The van der Waals surface area contributed by atoms with Gasteiger partial charge in [0, 0.05) is 12.8 Å². The zero-order valence-corrected chi connectivity index (χ0v) is 13.4. The van der Waals surface area contributed by atoms with Gasteiger partial charge in [-0.1, -0.05) is 0 Å². The summed E-state index contributed by atoms with van der Waals surface area (Å²) in [5.41, 5.74) is -5.71. The Morgan fingerprint density at radius 3 is 1.36 bits per heavy atom. The summed E-state index contributed by atoms with van der Waals surface area (Å²) in [7, 11) is 1.95. The van der Waals surface area contributed by atoms with Crippen LogP contribution in [0.25, 0.3) is 0 Å². The van der Waals surface area contributed by atoms with E-state index in [1.54, 1.807) is 0 Å². The molecule has 136 valence electrons. The number of carbonyl (C=O) groups excluding carboxylic acids is 2. The molecule has 0 aliphatic heterocycles. The van der Waals surface area contributed by atoms with Gasteiger partial charge in [-0.25, -0.2) is 9.59 Å². The zero-order valence-electron chi connectivity index (χ0n) is 13.4. The Morgan fingerprint density at radius 2 is 1.12 bits per heavy atom. The number of ether oxygens (including phenoxy) is 2. The van der Waals surface area contributed by atoms with Gasteiger partial charge in [0.15, 0.2) is 0 Å². The molecule has 0 saturated heterocycles. The van der Waals surface area contributed by atoms with Gasteiger partial charge >= 0.3 is 23.9 Å². The first-order valence-corrected chi connectivity index (χ1v) is 7.06. The van der Waals surface area contributed by atoms with Crippen molar-refractivity contribution in [1.29, 1.82) is 0 Å². The largest absolute Gasteiger partial charge is 0.511 e. The molecule has 2 bridgehead atoms. The number of carboxylic acids is 2. The maximum absolute atomic E-state index is 11.9. The van der Waals surface area contributed by atoms with Gasteiger partial charge in [-0.3, -0.25) is 9.59 Å². The standard InChI is InChI=1S/C15H16O10/c1-24-10(18)6-3-14(12(20)21)5-15(8(6)16,13(22)23)4-7(9(14)17)11(19)25-2/h16-17H,3-5H2,1-2H3,(H,20,21)(H,22,23)/t14-,15+. The van der Waals surface area contributed by atoms with Gasteiger partial charge in [-0.05, 0) is 6.42 Å². The van der Waals surface area contributed by atoms with Crippen molar-refractivity contribution >= 4 is 23.9 Å². The van der Waals surface area contributed by atoms with Crippen molar-refractivity contribution in [3.8, 4) is 0 Å². The van der Waals surface area contributed by atoms with Gasteiger partial charge in [0.1, 0.15) is 22.3 Å². The minimum atomic E-state index is -2.28. The van der Waals surface area contributed by atoms with Gasteiger partial charge in [0.25, 0.3) is 0 Å². The van der Waals surface area contributed by atoms with E-state index in [0.717, 1.165) is 14.2 Å². The molecule has 0 amide bonds. The van der Waals surface area contributed by atoms with Crippen molar-refractivity contribution < 1.29 is 49.1 Å². The Bertz CT molecular complexity index is 683. The van der Waals surface area contributed by atoms with Gasteiger partial charge in [-0.2, -0.15) is 0 Å². The van der Waals surface area contributed by atoms with Crippen LogP contribution >= 0.6 is 0 Å². The number of aliphatic hydroxyl groups excluding tert-OH is 2. The fourth-order valence-corrected chi connectivity index (χ4v) is 3.41. The van der Waals surface area contributed by atoms with Crippen LogP contribution in [-0.4, -0.2) is 58.5 Å². The Labute approximate surface area is 141 Å². The minimum absolute atomic E-state index is 0.575. The minimum Gasteiger partial charge on any atom is -0.511 e. The summed E-state index contributed by atoms with van der Waals surface area (Å²) in [6.45, 7) is 0. The lowest BCUT2D eigenvalue weighted by molar-refractivity contribution is -0.161. The molecule has 0 spiro atoms. The molecule has 0 aromatic rings. The molecule has 2 atom stereocenters. The van der Waals surface area contributed by atoms with Crippen molar-refractivity contribution in [2.24, 2.45) is 10.8 Å². The van der Waals surface area contributed by atoms with E-state index in [-0.39, 0.29) is 0 Å². The maximum Gasteiger partial charge on any atom is 0.337 e. The summed E-state index contributed by atoms with van der Waals surface area (Å²) in [4.78, 5) is 47.6. The number of esters is 2. The zero-order chi connectivity index (χ0) is 19.2. The molecule has 0 radical (unpaired) electrons. The molecule has 25 heavy (non-hydrogen) atoms. The summed E-state index contributed by atoms with van der Waals surface area (Å²) < 4.78 is 8.95. The van der Waals surface area contributed by atoms with E-state index in [1.807, 2.05) is 0 Å². The second kappa shape index (κ2) is 5.80. The molecule has 0 saturated carbocycles. The average Bonchev–Trinajstić information content (AvgIpc) is 2.58. The molecule has 0 aromatic carbocycles. The van der Waals surface area contributed by atoms with Crippen molar-refractivity contribution in [3.05, 3.63) is 22.7 Å². The molecule has 2 aliphatic carbocycles. The molecular formula is C15H16O10. The summed E-state index contributed by atoms with van der Waals surface area (Å²) in [5, 5.41) is 40.1. The van der Waals surface area contributed by atoms with Crippen LogP contribution in [0.4, 0.5) is 0 Å². The second-order valence-corrected chi connectivity index (χ2v) is 5.94. The third-order valence-electron chi connectivity index (χ3n) is 4.72. The first-order valence-electron chi connectivity index (χ1n) is 7.06. The van der Waals surface area contributed by atoms with Crippen LogP contribution in [0.1, 0.15) is 19.3 Å². The number of methoxy groups -OCH3 is 2. The fourth-order valence-electron chi connectivity index (χ4n) is 3.41. The molecule has 2 rings (SSSR count). The number of fused-ring (bicyclic) bond motifs is 2. The predicted molar refractivity (Wildman–Crippen MR) is 77.3 cm³/mol. The van der Waals surface area contributed by atoms with Gasteiger partial charge in [0.2, 0.25) is 0 Å². The molecule has 0 unspecified atom stereocenters. The highest BCUT2D eigenvalue weighted by atomic mass is 16.5. The number of aliphatic carboxylic acids is 2. The molecule has 0 heterocycles. The van der Waals surface area contributed by atoms with E-state index >= 15 is 0 Å². The predicted octanol–water partition coefficient (Wildman–Crippen LogP) is 0.296. The average molecular weight is 356 g/mol. The van der Waals surface area contributed by atoms with Crippen LogP contribution in [0.3, 0.4) is 0 Å². The summed E-state index contributed by atoms with van der Waals surface area (Å²) >= 11 is 0. The summed E-state index contributed by atoms with van der Waals surface area (Å²) in [6, 6.07) is 0. The van der Waals surface area contributed by atoms with Crippen LogP contribution in [0, 0.1) is 10.8 Å². The van der Waals surface area contributed by atoms with Crippen LogP contribution in [0.2, 0.25) is 0 Å². The third kappa shape index (κ3) is 2.32. The van der Waals surface area contributed by atoms with E-state index in [1.165, 1.54) is 0 Å². The molecule has 2 aliphatic rings. The maximum atomic E-state index is 11.9. The lowest BCUT2D eigenvalue weighted by Crippen LogP contribution is -2.53. The molecule has 10 nitrogen and oxygen atoms in total. The van der Waals surface area contributed by atoms with Crippen LogP contribution in [0.15, 0.2) is 22.7 Å².